The Balaban J connectivity index is 2.62. The summed E-state index contributed by atoms with van der Waals surface area (Å²) in [6.45, 7) is 1.97. The lowest BCUT2D eigenvalue weighted by atomic mass is 10.3. The van der Waals surface area contributed by atoms with Crippen LogP contribution >= 0.6 is 11.3 Å². The number of thiophene rings is 1. The van der Waals surface area contributed by atoms with E-state index in [-0.39, 0.29) is 12.2 Å². The Morgan fingerprint density at radius 2 is 2.00 bits per heavy atom. The zero-order chi connectivity index (χ0) is 14.5. The second kappa shape index (κ2) is 6.81. The number of methoxy groups -OCH3 is 1. The molecule has 0 bridgehead atoms. The molecule has 0 N–H and O–H groups in total. The standard InChI is InChI=1S/C12H16O5S2/c1-3-9-4-5-11(18-9)10(13)8-19(15,16)7-6-12(14)17-2/h4-5H,3,6-8H2,1-2H3. The molecule has 0 fully saturated rings. The number of Topliss-reactive ketones (excluding diaryl/α,β-unsaturated/α-hetero) is 1. The van der Waals surface area contributed by atoms with E-state index in [4.69, 9.17) is 0 Å². The molecule has 1 aromatic heterocycles. The van der Waals surface area contributed by atoms with Gasteiger partial charge in [0.15, 0.2) is 15.6 Å². The van der Waals surface area contributed by atoms with Gasteiger partial charge in [0.1, 0.15) is 5.75 Å². The first-order valence-corrected chi connectivity index (χ1v) is 8.41. The van der Waals surface area contributed by atoms with Crippen LogP contribution < -0.4 is 0 Å². The summed E-state index contributed by atoms with van der Waals surface area (Å²) in [6.07, 6.45) is 0.587. The van der Waals surface area contributed by atoms with E-state index in [1.54, 1.807) is 6.07 Å². The number of hydrogen-bond donors (Lipinski definition) is 0. The molecule has 0 radical (unpaired) electrons. The van der Waals surface area contributed by atoms with Gasteiger partial charge < -0.3 is 4.74 Å². The Morgan fingerprint density at radius 3 is 2.53 bits per heavy atom. The van der Waals surface area contributed by atoms with Crippen LogP contribution in [0.25, 0.3) is 0 Å². The number of esters is 1. The van der Waals surface area contributed by atoms with E-state index in [0.717, 1.165) is 11.3 Å². The van der Waals surface area contributed by atoms with Crippen molar-refractivity contribution in [3.63, 3.8) is 0 Å². The minimum Gasteiger partial charge on any atom is -0.469 e. The smallest absolute Gasteiger partial charge is 0.306 e. The van der Waals surface area contributed by atoms with E-state index in [2.05, 4.69) is 4.74 Å². The zero-order valence-corrected chi connectivity index (χ0v) is 12.5. The zero-order valence-electron chi connectivity index (χ0n) is 10.8. The van der Waals surface area contributed by atoms with E-state index in [0.29, 0.717) is 4.88 Å². The second-order valence-corrected chi connectivity index (χ2v) is 7.31. The maximum Gasteiger partial charge on any atom is 0.306 e. The SMILES string of the molecule is CCc1ccc(C(=O)CS(=O)(=O)CCC(=O)OC)s1. The van der Waals surface area contributed by atoms with Gasteiger partial charge in [0, 0.05) is 4.88 Å². The summed E-state index contributed by atoms with van der Waals surface area (Å²) < 4.78 is 27.7. The molecule has 0 atom stereocenters. The third kappa shape index (κ3) is 5.12. The highest BCUT2D eigenvalue weighted by Crippen LogP contribution is 2.18. The fourth-order valence-corrected chi connectivity index (χ4v) is 3.56. The molecule has 1 rings (SSSR count). The summed E-state index contributed by atoms with van der Waals surface area (Å²) in [5.74, 6) is -1.94. The van der Waals surface area contributed by atoms with E-state index in [1.807, 2.05) is 13.0 Å². The lowest BCUT2D eigenvalue weighted by Gasteiger charge is -2.02. The number of ketones is 1. The number of sulfone groups is 1. The van der Waals surface area contributed by atoms with Crippen LogP contribution in [0, 0.1) is 0 Å². The first kappa shape index (κ1) is 15.8. The van der Waals surface area contributed by atoms with Crippen molar-refractivity contribution in [2.24, 2.45) is 0 Å². The van der Waals surface area contributed by atoms with Crippen molar-refractivity contribution in [3.8, 4) is 0 Å². The van der Waals surface area contributed by atoms with Crippen molar-refractivity contribution in [1.29, 1.82) is 0 Å². The van der Waals surface area contributed by atoms with Crippen LogP contribution in [0.15, 0.2) is 12.1 Å². The molecular formula is C12H16O5S2. The fraction of sp³-hybridized carbons (Fsp3) is 0.500. The highest BCUT2D eigenvalue weighted by molar-refractivity contribution is 7.92. The predicted molar refractivity (Wildman–Crippen MR) is 73.3 cm³/mol. The molecule has 7 heteroatoms. The van der Waals surface area contributed by atoms with Crippen LogP contribution in [0.1, 0.15) is 27.9 Å². The van der Waals surface area contributed by atoms with Gasteiger partial charge in [0.2, 0.25) is 0 Å². The Labute approximate surface area is 116 Å². The molecule has 1 heterocycles. The van der Waals surface area contributed by atoms with Crippen LogP contribution in [0.2, 0.25) is 0 Å². The van der Waals surface area contributed by atoms with E-state index < -0.39 is 27.3 Å². The largest absolute Gasteiger partial charge is 0.469 e. The molecule has 106 valence electrons. The van der Waals surface area contributed by atoms with Crippen molar-refractivity contribution in [2.45, 2.75) is 19.8 Å². The number of rotatable bonds is 7. The molecule has 0 aliphatic rings. The average Bonchev–Trinajstić information content (AvgIpc) is 2.84. The quantitative estimate of drug-likeness (QED) is 0.563. The normalized spacial score (nSPS) is 11.3. The molecule has 19 heavy (non-hydrogen) atoms. The van der Waals surface area contributed by atoms with Gasteiger partial charge in [-0.15, -0.1) is 11.3 Å². The van der Waals surface area contributed by atoms with Gasteiger partial charge in [-0.3, -0.25) is 9.59 Å². The lowest BCUT2D eigenvalue weighted by molar-refractivity contribution is -0.140. The van der Waals surface area contributed by atoms with Crippen LogP contribution in [-0.4, -0.2) is 38.8 Å². The van der Waals surface area contributed by atoms with Gasteiger partial charge in [-0.05, 0) is 18.6 Å². The van der Waals surface area contributed by atoms with Crippen molar-refractivity contribution < 1.29 is 22.7 Å². The summed E-state index contributed by atoms with van der Waals surface area (Å²) in [4.78, 5) is 24.2. The maximum absolute atomic E-state index is 11.8. The van der Waals surface area contributed by atoms with Crippen molar-refractivity contribution in [1.82, 2.24) is 0 Å². The van der Waals surface area contributed by atoms with Crippen LogP contribution in [0.3, 0.4) is 0 Å². The number of ether oxygens (including phenoxy) is 1. The van der Waals surface area contributed by atoms with Gasteiger partial charge in [-0.25, -0.2) is 8.42 Å². The number of hydrogen-bond acceptors (Lipinski definition) is 6. The van der Waals surface area contributed by atoms with Crippen LogP contribution in [0.4, 0.5) is 0 Å². The van der Waals surface area contributed by atoms with Crippen molar-refractivity contribution in [2.75, 3.05) is 18.6 Å². The van der Waals surface area contributed by atoms with Crippen molar-refractivity contribution in [3.05, 3.63) is 21.9 Å². The second-order valence-electron chi connectivity index (χ2n) is 3.96. The number of aryl methyl sites for hydroxylation is 1. The molecule has 0 saturated carbocycles. The fourth-order valence-electron chi connectivity index (χ4n) is 1.40. The van der Waals surface area contributed by atoms with Gasteiger partial charge in [-0.2, -0.15) is 0 Å². The topological polar surface area (TPSA) is 77.5 Å². The minimum absolute atomic E-state index is 0.225. The molecule has 0 saturated heterocycles. The molecule has 0 aliphatic heterocycles. The Morgan fingerprint density at radius 1 is 1.32 bits per heavy atom. The van der Waals surface area contributed by atoms with Gasteiger partial charge in [0.05, 0.1) is 24.2 Å². The van der Waals surface area contributed by atoms with Crippen molar-refractivity contribution >= 4 is 32.9 Å². The first-order valence-electron chi connectivity index (χ1n) is 5.77. The number of carbonyl (C=O) groups is 2. The summed E-state index contributed by atoms with van der Waals surface area (Å²) in [5.41, 5.74) is 0. The maximum atomic E-state index is 11.8. The molecule has 0 unspecified atom stereocenters. The average molecular weight is 304 g/mol. The Hall–Kier alpha value is -1.21. The summed E-state index contributed by atoms with van der Waals surface area (Å²) in [7, 11) is -2.38. The third-order valence-corrected chi connectivity index (χ3v) is 5.28. The molecule has 5 nitrogen and oxygen atoms in total. The van der Waals surface area contributed by atoms with Crippen LogP contribution in [-0.2, 0) is 25.8 Å². The Bertz CT molecular complexity index is 556. The third-order valence-electron chi connectivity index (χ3n) is 2.48. The molecule has 0 amide bonds. The lowest BCUT2D eigenvalue weighted by Crippen LogP contribution is -2.20. The highest BCUT2D eigenvalue weighted by Gasteiger charge is 2.20. The van der Waals surface area contributed by atoms with E-state index in [9.17, 15) is 18.0 Å². The summed E-state index contributed by atoms with van der Waals surface area (Å²) >= 11 is 1.30. The molecule has 0 spiro atoms. The number of carbonyl (C=O) groups excluding carboxylic acids is 2. The molecular weight excluding hydrogens is 288 g/mol. The molecule has 0 aliphatic carbocycles. The molecule has 1 aromatic rings. The summed E-state index contributed by atoms with van der Waals surface area (Å²) in [6, 6.07) is 3.46. The minimum atomic E-state index is -3.58. The Kier molecular flexibility index (Phi) is 5.68. The van der Waals surface area contributed by atoms with Gasteiger partial charge in [-0.1, -0.05) is 6.92 Å². The molecule has 0 aromatic carbocycles. The monoisotopic (exact) mass is 304 g/mol. The summed E-state index contributed by atoms with van der Waals surface area (Å²) in [5, 5.41) is 0. The van der Waals surface area contributed by atoms with E-state index >= 15 is 0 Å². The van der Waals surface area contributed by atoms with Gasteiger partial charge >= 0.3 is 5.97 Å². The first-order chi connectivity index (χ1) is 8.88. The van der Waals surface area contributed by atoms with E-state index in [1.165, 1.54) is 18.4 Å². The van der Waals surface area contributed by atoms with Gasteiger partial charge in [0.25, 0.3) is 0 Å². The van der Waals surface area contributed by atoms with Crippen LogP contribution in [0.5, 0.6) is 0 Å². The highest BCUT2D eigenvalue weighted by atomic mass is 32.2. The predicted octanol–water partition coefficient (Wildman–Crippen LogP) is 1.47.